The lowest BCUT2D eigenvalue weighted by atomic mass is 10.2. The summed E-state index contributed by atoms with van der Waals surface area (Å²) in [7, 11) is -3.87. The van der Waals surface area contributed by atoms with Crippen molar-refractivity contribution in [1.82, 2.24) is 4.72 Å². The van der Waals surface area contributed by atoms with Crippen molar-refractivity contribution in [3.8, 4) is 0 Å². The lowest BCUT2D eigenvalue weighted by molar-refractivity contribution is -0.0327. The van der Waals surface area contributed by atoms with Gasteiger partial charge in [-0.05, 0) is 45.4 Å². The number of sulfonamides is 1. The average Bonchev–Trinajstić information content (AvgIpc) is 2.34. The fourth-order valence-corrected chi connectivity index (χ4v) is 3.91. The fourth-order valence-electron chi connectivity index (χ4n) is 1.30. The Balaban J connectivity index is 2.74. The number of rotatable bonds is 6. The van der Waals surface area contributed by atoms with Crippen LogP contribution in [0.5, 0.6) is 0 Å². The third kappa shape index (κ3) is 5.60. The van der Waals surface area contributed by atoms with Crippen LogP contribution in [0, 0.1) is 0 Å². The van der Waals surface area contributed by atoms with Gasteiger partial charge < -0.3 is 5.73 Å². The molecule has 0 heterocycles. The van der Waals surface area contributed by atoms with Crippen LogP contribution in [0.1, 0.15) is 5.56 Å². The Morgan fingerprint density at radius 3 is 2.55 bits per heavy atom. The maximum Gasteiger partial charge on any atom is 0.441 e. The monoisotopic (exact) mass is 392 g/mol. The van der Waals surface area contributed by atoms with Gasteiger partial charge >= 0.3 is 5.51 Å². The van der Waals surface area contributed by atoms with E-state index >= 15 is 0 Å². The number of nitrogens with one attached hydrogen (secondary N) is 1. The smallest absolute Gasteiger partial charge is 0.326 e. The maximum atomic E-state index is 12.0. The number of benzene rings is 1. The summed E-state index contributed by atoms with van der Waals surface area (Å²) >= 11 is 2.81. The summed E-state index contributed by atoms with van der Waals surface area (Å²) in [4.78, 5) is -0.0440. The molecule has 1 aromatic rings. The molecule has 0 amide bonds. The third-order valence-corrected chi connectivity index (χ3v) is 5.37. The van der Waals surface area contributed by atoms with Crippen molar-refractivity contribution in [1.29, 1.82) is 0 Å². The minimum atomic E-state index is -4.37. The molecule has 0 unspecified atom stereocenters. The van der Waals surface area contributed by atoms with Crippen LogP contribution in [0.3, 0.4) is 0 Å². The highest BCUT2D eigenvalue weighted by molar-refractivity contribution is 9.10. The van der Waals surface area contributed by atoms with Crippen LogP contribution in [0.25, 0.3) is 0 Å². The van der Waals surface area contributed by atoms with Gasteiger partial charge in [-0.25, -0.2) is 13.1 Å². The van der Waals surface area contributed by atoms with Crippen LogP contribution in [0.2, 0.25) is 0 Å². The molecule has 3 N–H and O–H groups in total. The molecule has 1 aromatic carbocycles. The summed E-state index contributed by atoms with van der Waals surface area (Å²) in [6.45, 7) is -0.147. The second-order valence-corrected chi connectivity index (χ2v) is 7.41. The van der Waals surface area contributed by atoms with Crippen LogP contribution < -0.4 is 10.5 Å². The molecular formula is C10H12BrF3N2O2S2. The Bertz CT molecular complexity index is 564. The van der Waals surface area contributed by atoms with Crippen LogP contribution in [0.15, 0.2) is 27.6 Å². The van der Waals surface area contributed by atoms with E-state index in [2.05, 4.69) is 20.7 Å². The van der Waals surface area contributed by atoms with Crippen LogP contribution in [0.4, 0.5) is 13.2 Å². The Hall–Kier alpha value is -0.290. The van der Waals surface area contributed by atoms with Crippen molar-refractivity contribution in [2.75, 3.05) is 12.3 Å². The minimum Gasteiger partial charge on any atom is -0.326 e. The molecule has 20 heavy (non-hydrogen) atoms. The summed E-state index contributed by atoms with van der Waals surface area (Å²) in [5, 5.41) is 0. The number of halogens is 4. The summed E-state index contributed by atoms with van der Waals surface area (Å²) < 4.78 is 62.2. The quantitative estimate of drug-likeness (QED) is 0.729. The van der Waals surface area contributed by atoms with E-state index in [0.29, 0.717) is 10.0 Å². The topological polar surface area (TPSA) is 72.2 Å². The molecule has 4 nitrogen and oxygen atoms in total. The molecular weight excluding hydrogens is 381 g/mol. The zero-order valence-electron chi connectivity index (χ0n) is 10.1. The Morgan fingerprint density at radius 1 is 1.35 bits per heavy atom. The first-order chi connectivity index (χ1) is 9.15. The molecule has 0 aliphatic carbocycles. The highest BCUT2D eigenvalue weighted by Gasteiger charge is 2.28. The number of hydrogen-bond donors (Lipinski definition) is 2. The van der Waals surface area contributed by atoms with Crippen molar-refractivity contribution in [3.05, 3.63) is 28.2 Å². The first-order valence-corrected chi connectivity index (χ1v) is 8.61. The fraction of sp³-hybridized carbons (Fsp3) is 0.400. The Morgan fingerprint density at radius 2 is 2.00 bits per heavy atom. The highest BCUT2D eigenvalue weighted by atomic mass is 79.9. The van der Waals surface area contributed by atoms with Gasteiger partial charge in [-0.3, -0.25) is 0 Å². The molecule has 0 aliphatic rings. The maximum absolute atomic E-state index is 12.0. The van der Waals surface area contributed by atoms with E-state index in [-0.39, 0.29) is 29.7 Å². The van der Waals surface area contributed by atoms with E-state index in [1.165, 1.54) is 12.1 Å². The van der Waals surface area contributed by atoms with Crippen molar-refractivity contribution in [2.45, 2.75) is 16.9 Å². The molecule has 0 aromatic heterocycles. The lowest BCUT2D eigenvalue weighted by Crippen LogP contribution is -2.27. The molecule has 0 atom stereocenters. The second kappa shape index (κ2) is 7.12. The predicted molar refractivity (Wildman–Crippen MR) is 75.7 cm³/mol. The zero-order valence-corrected chi connectivity index (χ0v) is 13.3. The normalized spacial score (nSPS) is 12.7. The molecule has 0 saturated heterocycles. The molecule has 0 fully saturated rings. The minimum absolute atomic E-state index is 0.0440. The van der Waals surface area contributed by atoms with Gasteiger partial charge in [0.15, 0.2) is 0 Å². The average molecular weight is 393 g/mol. The summed E-state index contributed by atoms with van der Waals surface area (Å²) in [5.74, 6) is -0.392. The van der Waals surface area contributed by atoms with E-state index in [1.54, 1.807) is 6.07 Å². The van der Waals surface area contributed by atoms with Crippen molar-refractivity contribution in [2.24, 2.45) is 5.73 Å². The van der Waals surface area contributed by atoms with E-state index in [1.807, 2.05) is 0 Å². The van der Waals surface area contributed by atoms with E-state index < -0.39 is 21.3 Å². The molecule has 0 spiro atoms. The van der Waals surface area contributed by atoms with E-state index in [0.717, 1.165) is 0 Å². The van der Waals surface area contributed by atoms with Crippen molar-refractivity contribution in [3.63, 3.8) is 0 Å². The highest BCUT2D eigenvalue weighted by Crippen LogP contribution is 2.29. The van der Waals surface area contributed by atoms with Gasteiger partial charge in [0.05, 0.1) is 4.90 Å². The first kappa shape index (κ1) is 17.8. The first-order valence-electron chi connectivity index (χ1n) is 5.34. The standard InChI is InChI=1S/C10H12BrF3N2O2S2/c11-8-2-1-7(6-15)5-9(8)20(17,18)16-3-4-19-10(12,13)14/h1-2,5,16H,3-4,6,15H2. The third-order valence-electron chi connectivity index (χ3n) is 2.18. The molecule has 0 bridgehead atoms. The Labute approximate surface area is 127 Å². The number of alkyl halides is 3. The van der Waals surface area contributed by atoms with Gasteiger partial charge in [0.2, 0.25) is 10.0 Å². The summed E-state index contributed by atoms with van der Waals surface area (Å²) in [5.41, 5.74) is 1.66. The van der Waals surface area contributed by atoms with E-state index in [4.69, 9.17) is 5.73 Å². The predicted octanol–water partition coefficient (Wildman–Crippen LogP) is 2.44. The van der Waals surface area contributed by atoms with Crippen LogP contribution >= 0.6 is 27.7 Å². The van der Waals surface area contributed by atoms with Gasteiger partial charge in [0.25, 0.3) is 0 Å². The van der Waals surface area contributed by atoms with Crippen molar-refractivity contribution < 1.29 is 21.6 Å². The number of hydrogen-bond acceptors (Lipinski definition) is 4. The SMILES string of the molecule is NCc1ccc(Br)c(S(=O)(=O)NCCSC(F)(F)F)c1. The zero-order chi connectivity index (χ0) is 15.4. The van der Waals surface area contributed by atoms with Gasteiger partial charge in [-0.1, -0.05) is 6.07 Å². The van der Waals surface area contributed by atoms with Crippen LogP contribution in [-0.2, 0) is 16.6 Å². The molecule has 0 radical (unpaired) electrons. The lowest BCUT2D eigenvalue weighted by Gasteiger charge is -2.10. The largest absolute Gasteiger partial charge is 0.441 e. The molecule has 1 rings (SSSR count). The summed E-state index contributed by atoms with van der Waals surface area (Å²) in [6.07, 6.45) is 0. The second-order valence-electron chi connectivity index (χ2n) is 3.66. The van der Waals surface area contributed by atoms with Crippen LogP contribution in [-0.4, -0.2) is 26.2 Å². The molecule has 10 heteroatoms. The van der Waals surface area contributed by atoms with Gasteiger partial charge in [0.1, 0.15) is 0 Å². The molecule has 114 valence electrons. The van der Waals surface area contributed by atoms with E-state index in [9.17, 15) is 21.6 Å². The van der Waals surface area contributed by atoms with Gasteiger partial charge in [-0.2, -0.15) is 13.2 Å². The van der Waals surface area contributed by atoms with Gasteiger partial charge in [0, 0.05) is 23.3 Å². The summed E-state index contributed by atoms with van der Waals surface area (Å²) in [6, 6.07) is 4.56. The number of thioether (sulfide) groups is 1. The van der Waals surface area contributed by atoms with Gasteiger partial charge in [-0.15, -0.1) is 0 Å². The molecule has 0 aliphatic heterocycles. The Kier molecular flexibility index (Phi) is 6.32. The molecule has 0 saturated carbocycles. The number of nitrogens with two attached hydrogens (primary N) is 1. The van der Waals surface area contributed by atoms with Crippen molar-refractivity contribution >= 4 is 37.7 Å².